The van der Waals surface area contributed by atoms with E-state index >= 15 is 0 Å². The minimum absolute atomic E-state index is 0.0890. The number of ether oxygens (including phenoxy) is 1. The van der Waals surface area contributed by atoms with E-state index in [4.69, 9.17) is 9.84 Å². The molecule has 1 aliphatic heterocycles. The van der Waals surface area contributed by atoms with Gasteiger partial charge in [0.25, 0.3) is 0 Å². The second kappa shape index (κ2) is 3.29. The zero-order valence-electron chi connectivity index (χ0n) is 7.37. The Morgan fingerprint density at radius 1 is 1.57 bits per heavy atom. The van der Waals surface area contributed by atoms with Crippen molar-refractivity contribution in [1.82, 2.24) is 0 Å². The highest BCUT2D eigenvalue weighted by Crippen LogP contribution is 2.35. The van der Waals surface area contributed by atoms with Crippen LogP contribution in [-0.4, -0.2) is 17.7 Å². The highest BCUT2D eigenvalue weighted by atomic mass is 19.1. The van der Waals surface area contributed by atoms with Crippen LogP contribution in [0.4, 0.5) is 4.39 Å². The van der Waals surface area contributed by atoms with Gasteiger partial charge in [-0.1, -0.05) is 12.1 Å². The number of fused-ring (bicyclic) bond motifs is 1. The number of hydrogen-bond donors (Lipinski definition) is 1. The zero-order valence-corrected chi connectivity index (χ0v) is 7.37. The molecule has 2 rings (SSSR count). The number of para-hydroxylation sites is 1. The molecule has 0 radical (unpaired) electrons. The number of benzene rings is 1. The van der Waals surface area contributed by atoms with Gasteiger partial charge in [-0.15, -0.1) is 0 Å². The summed E-state index contributed by atoms with van der Waals surface area (Å²) in [5.74, 6) is -1.98. The van der Waals surface area contributed by atoms with Crippen LogP contribution in [-0.2, 0) is 4.79 Å². The van der Waals surface area contributed by atoms with Gasteiger partial charge in [0, 0.05) is 5.56 Å². The van der Waals surface area contributed by atoms with Gasteiger partial charge in [-0.05, 0) is 12.5 Å². The minimum Gasteiger partial charge on any atom is -0.490 e. The Bertz CT molecular complexity index is 376. The third-order valence-corrected chi connectivity index (χ3v) is 2.32. The average molecular weight is 196 g/mol. The Kier molecular flexibility index (Phi) is 2.11. The van der Waals surface area contributed by atoms with Gasteiger partial charge in [-0.25, -0.2) is 4.39 Å². The molecule has 3 nitrogen and oxygen atoms in total. The Morgan fingerprint density at radius 3 is 3.07 bits per heavy atom. The maximum atomic E-state index is 13.2. The van der Waals surface area contributed by atoms with Crippen LogP contribution in [0.3, 0.4) is 0 Å². The molecule has 1 N–H and O–H groups in total. The fraction of sp³-hybridized carbons (Fsp3) is 0.300. The fourth-order valence-electron chi connectivity index (χ4n) is 1.64. The fourth-order valence-corrected chi connectivity index (χ4v) is 1.64. The van der Waals surface area contributed by atoms with Gasteiger partial charge >= 0.3 is 5.97 Å². The van der Waals surface area contributed by atoms with E-state index < -0.39 is 17.7 Å². The average Bonchev–Trinajstić information content (AvgIpc) is 2.17. The van der Waals surface area contributed by atoms with E-state index in [0.29, 0.717) is 12.0 Å². The Labute approximate surface area is 80.1 Å². The number of rotatable bonds is 1. The molecule has 74 valence electrons. The monoisotopic (exact) mass is 196 g/mol. The first kappa shape index (κ1) is 8.99. The molecule has 1 aromatic rings. The summed E-state index contributed by atoms with van der Waals surface area (Å²) in [4.78, 5) is 10.9. The van der Waals surface area contributed by atoms with Crippen molar-refractivity contribution in [2.45, 2.75) is 12.3 Å². The Morgan fingerprint density at radius 2 is 2.36 bits per heavy atom. The summed E-state index contributed by atoms with van der Waals surface area (Å²) in [5, 5.41) is 8.90. The van der Waals surface area contributed by atoms with E-state index in [0.717, 1.165) is 0 Å². The quantitative estimate of drug-likeness (QED) is 0.744. The minimum atomic E-state index is -0.930. The Balaban J connectivity index is 2.49. The number of aliphatic carboxylic acids is 1. The predicted octanol–water partition coefficient (Wildman–Crippen LogP) is 1.78. The third kappa shape index (κ3) is 1.32. The molecule has 0 amide bonds. The second-order valence-corrected chi connectivity index (χ2v) is 3.19. The van der Waals surface area contributed by atoms with Crippen molar-refractivity contribution in [3.63, 3.8) is 0 Å². The summed E-state index contributed by atoms with van der Waals surface area (Å²) in [5.41, 5.74) is 0.434. The van der Waals surface area contributed by atoms with E-state index in [1.807, 2.05) is 0 Å². The molecule has 0 saturated heterocycles. The van der Waals surface area contributed by atoms with Gasteiger partial charge in [0.15, 0.2) is 11.6 Å². The largest absolute Gasteiger partial charge is 0.490 e. The van der Waals surface area contributed by atoms with E-state index in [9.17, 15) is 9.18 Å². The molecule has 1 heterocycles. The highest BCUT2D eigenvalue weighted by Gasteiger charge is 2.28. The maximum Gasteiger partial charge on any atom is 0.311 e. The van der Waals surface area contributed by atoms with E-state index in [2.05, 4.69) is 0 Å². The number of halogens is 1. The van der Waals surface area contributed by atoms with E-state index in [1.165, 1.54) is 12.1 Å². The van der Waals surface area contributed by atoms with Crippen LogP contribution < -0.4 is 4.74 Å². The number of carboxylic acid groups (broad SMARTS) is 1. The molecule has 0 saturated carbocycles. The van der Waals surface area contributed by atoms with Gasteiger partial charge < -0.3 is 9.84 Å². The molecule has 0 fully saturated rings. The number of carbonyl (C=O) groups is 1. The standard InChI is InChI=1S/C10H9FO3/c11-8-3-1-2-6-7(10(12)13)4-5-14-9(6)8/h1-3,7H,4-5H2,(H,12,13)/t7-/m1/s1. The predicted molar refractivity (Wildman–Crippen MR) is 46.9 cm³/mol. The van der Waals surface area contributed by atoms with Crippen molar-refractivity contribution in [3.05, 3.63) is 29.6 Å². The lowest BCUT2D eigenvalue weighted by molar-refractivity contribution is -0.139. The summed E-state index contributed by atoms with van der Waals surface area (Å²) in [6.45, 7) is 0.255. The zero-order chi connectivity index (χ0) is 10.1. The third-order valence-electron chi connectivity index (χ3n) is 2.32. The molecule has 1 atom stereocenters. The second-order valence-electron chi connectivity index (χ2n) is 3.19. The number of hydrogen-bond acceptors (Lipinski definition) is 2. The molecule has 1 aliphatic rings. The van der Waals surface area contributed by atoms with Crippen LogP contribution in [0.15, 0.2) is 18.2 Å². The van der Waals surface area contributed by atoms with Crippen molar-refractivity contribution < 1.29 is 19.0 Å². The van der Waals surface area contributed by atoms with Crippen LogP contribution in [0.5, 0.6) is 5.75 Å². The summed E-state index contributed by atoms with van der Waals surface area (Å²) in [6.07, 6.45) is 0.395. The summed E-state index contributed by atoms with van der Waals surface area (Å²) in [6, 6.07) is 4.36. The van der Waals surface area contributed by atoms with Gasteiger partial charge in [0.05, 0.1) is 12.5 Å². The normalized spacial score (nSPS) is 19.6. The van der Waals surface area contributed by atoms with Crippen molar-refractivity contribution in [2.75, 3.05) is 6.61 Å². The van der Waals surface area contributed by atoms with Gasteiger partial charge in [0.1, 0.15) is 0 Å². The lowest BCUT2D eigenvalue weighted by atomic mass is 9.93. The smallest absolute Gasteiger partial charge is 0.311 e. The van der Waals surface area contributed by atoms with E-state index in [1.54, 1.807) is 6.07 Å². The van der Waals surface area contributed by atoms with Gasteiger partial charge in [0.2, 0.25) is 0 Å². The topological polar surface area (TPSA) is 46.5 Å². The maximum absolute atomic E-state index is 13.2. The van der Waals surface area contributed by atoms with Crippen LogP contribution in [0.1, 0.15) is 17.9 Å². The summed E-state index contributed by atoms with van der Waals surface area (Å²) >= 11 is 0. The Hall–Kier alpha value is -1.58. The van der Waals surface area contributed by atoms with Crippen LogP contribution in [0.25, 0.3) is 0 Å². The molecular weight excluding hydrogens is 187 g/mol. The first-order chi connectivity index (χ1) is 6.70. The van der Waals surface area contributed by atoms with Crippen molar-refractivity contribution >= 4 is 5.97 Å². The molecule has 1 aromatic carbocycles. The molecule has 0 aliphatic carbocycles. The van der Waals surface area contributed by atoms with Crippen LogP contribution in [0, 0.1) is 5.82 Å². The first-order valence-electron chi connectivity index (χ1n) is 4.34. The lowest BCUT2D eigenvalue weighted by Crippen LogP contribution is -2.21. The lowest BCUT2D eigenvalue weighted by Gasteiger charge is -2.22. The first-order valence-corrected chi connectivity index (χ1v) is 4.34. The molecule has 0 aromatic heterocycles. The van der Waals surface area contributed by atoms with Crippen LogP contribution in [0.2, 0.25) is 0 Å². The molecule has 0 spiro atoms. The summed E-state index contributed by atoms with van der Waals surface area (Å²) < 4.78 is 18.3. The molecular formula is C10H9FO3. The van der Waals surface area contributed by atoms with Crippen molar-refractivity contribution in [1.29, 1.82) is 0 Å². The highest BCUT2D eigenvalue weighted by molar-refractivity contribution is 5.77. The SMILES string of the molecule is O=C(O)[C@@H]1CCOc2c(F)cccc21. The van der Waals surface area contributed by atoms with Crippen molar-refractivity contribution in [2.24, 2.45) is 0 Å². The van der Waals surface area contributed by atoms with Crippen LogP contribution >= 0.6 is 0 Å². The van der Waals surface area contributed by atoms with Crippen molar-refractivity contribution in [3.8, 4) is 5.75 Å². The molecule has 0 unspecified atom stereocenters. The van der Waals surface area contributed by atoms with E-state index in [-0.39, 0.29) is 12.4 Å². The molecule has 14 heavy (non-hydrogen) atoms. The molecule has 0 bridgehead atoms. The number of carboxylic acids is 1. The van der Waals surface area contributed by atoms with Gasteiger partial charge in [-0.3, -0.25) is 4.79 Å². The molecule has 4 heteroatoms. The van der Waals surface area contributed by atoms with Gasteiger partial charge in [-0.2, -0.15) is 0 Å². The summed E-state index contributed by atoms with van der Waals surface area (Å²) in [7, 11) is 0.